The number of piperidine rings is 2. The van der Waals surface area contributed by atoms with E-state index in [0.717, 1.165) is 17.9 Å². The van der Waals surface area contributed by atoms with Gasteiger partial charge in [0.15, 0.2) is 0 Å². The Balaban J connectivity index is 1.97. The van der Waals surface area contributed by atoms with Gasteiger partial charge in [0, 0.05) is 11.6 Å². The molecule has 2 aliphatic heterocycles. The van der Waals surface area contributed by atoms with Gasteiger partial charge >= 0.3 is 0 Å². The van der Waals surface area contributed by atoms with Gasteiger partial charge in [0.25, 0.3) is 0 Å². The van der Waals surface area contributed by atoms with Crippen molar-refractivity contribution >= 4 is 0 Å². The first-order valence-corrected chi connectivity index (χ1v) is 5.21. The number of rotatable bonds is 0. The van der Waals surface area contributed by atoms with Gasteiger partial charge in [-0.15, -0.1) is 0 Å². The van der Waals surface area contributed by atoms with E-state index < -0.39 is 0 Å². The molecular weight excluding hydrogens is 148 g/mol. The highest BCUT2D eigenvalue weighted by atomic mass is 15.5. The number of hydrazine groups is 1. The summed E-state index contributed by atoms with van der Waals surface area (Å²) >= 11 is 0. The summed E-state index contributed by atoms with van der Waals surface area (Å²) in [6.07, 6.45) is 6.97. The van der Waals surface area contributed by atoms with Gasteiger partial charge in [0.1, 0.15) is 0 Å². The fourth-order valence-corrected chi connectivity index (χ4v) is 4.07. The highest BCUT2D eigenvalue weighted by Crippen LogP contribution is 2.52. The maximum atomic E-state index is 6.13. The lowest BCUT2D eigenvalue weighted by Crippen LogP contribution is -2.67. The third-order valence-corrected chi connectivity index (χ3v) is 4.35. The van der Waals surface area contributed by atoms with Crippen molar-refractivity contribution in [3.63, 3.8) is 0 Å². The van der Waals surface area contributed by atoms with Crippen LogP contribution in [0.1, 0.15) is 39.0 Å². The van der Waals surface area contributed by atoms with Gasteiger partial charge in [-0.05, 0) is 50.9 Å². The maximum absolute atomic E-state index is 6.13. The Hall–Kier alpha value is -0.0800. The lowest BCUT2D eigenvalue weighted by molar-refractivity contribution is -0.115. The summed E-state index contributed by atoms with van der Waals surface area (Å²) in [5.41, 5.74) is 0.370. The van der Waals surface area contributed by atoms with E-state index in [9.17, 15) is 0 Å². The van der Waals surface area contributed by atoms with E-state index in [1.807, 2.05) is 0 Å². The SMILES string of the molecule is CC12CC3CC(CC(C3)N1N)C2. The largest absolute Gasteiger partial charge is 0.268 e. The van der Waals surface area contributed by atoms with E-state index in [-0.39, 0.29) is 0 Å². The monoisotopic (exact) mass is 166 g/mol. The molecule has 2 atom stereocenters. The van der Waals surface area contributed by atoms with Crippen LogP contribution in [-0.4, -0.2) is 16.6 Å². The first-order valence-electron chi connectivity index (χ1n) is 5.21. The Labute approximate surface area is 74.1 Å². The Morgan fingerprint density at radius 3 is 2.25 bits per heavy atom. The molecule has 4 rings (SSSR count). The first-order chi connectivity index (χ1) is 5.67. The van der Waals surface area contributed by atoms with Crippen LogP contribution in [-0.2, 0) is 0 Å². The molecule has 0 amide bonds. The van der Waals surface area contributed by atoms with Crippen LogP contribution in [0.15, 0.2) is 0 Å². The van der Waals surface area contributed by atoms with Crippen molar-refractivity contribution in [1.29, 1.82) is 0 Å². The quantitative estimate of drug-likeness (QED) is 0.553. The van der Waals surface area contributed by atoms with Crippen LogP contribution in [0, 0.1) is 11.8 Å². The van der Waals surface area contributed by atoms with Crippen molar-refractivity contribution in [1.82, 2.24) is 5.01 Å². The fourth-order valence-electron chi connectivity index (χ4n) is 4.07. The second-order valence-electron chi connectivity index (χ2n) is 5.41. The van der Waals surface area contributed by atoms with Crippen LogP contribution < -0.4 is 5.84 Å². The second kappa shape index (κ2) is 2.05. The molecule has 2 aliphatic carbocycles. The predicted molar refractivity (Wildman–Crippen MR) is 48.3 cm³/mol. The molecule has 0 aromatic heterocycles. The molecule has 2 saturated heterocycles. The smallest absolute Gasteiger partial charge is 0.0332 e. The Bertz CT molecular complexity index is 200. The molecule has 0 aromatic carbocycles. The molecule has 0 radical (unpaired) electrons. The van der Waals surface area contributed by atoms with E-state index >= 15 is 0 Å². The fraction of sp³-hybridized carbons (Fsp3) is 1.00. The molecular formula is C10H18N2. The lowest BCUT2D eigenvalue weighted by atomic mass is 9.59. The Kier molecular flexibility index (Phi) is 1.25. The average Bonchev–Trinajstić information content (AvgIpc) is 1.98. The molecule has 4 fully saturated rings. The molecule has 4 bridgehead atoms. The first kappa shape index (κ1) is 7.34. The minimum absolute atomic E-state index is 0.370. The van der Waals surface area contributed by atoms with Crippen LogP contribution in [0.25, 0.3) is 0 Å². The van der Waals surface area contributed by atoms with Crippen molar-refractivity contribution in [2.75, 3.05) is 0 Å². The molecule has 68 valence electrons. The number of hydrogen-bond acceptors (Lipinski definition) is 2. The lowest BCUT2D eigenvalue weighted by Gasteiger charge is -2.60. The molecule has 2 nitrogen and oxygen atoms in total. The molecule has 2 heterocycles. The summed E-state index contributed by atoms with van der Waals surface area (Å²) in [6, 6.07) is 0.723. The van der Waals surface area contributed by atoms with Gasteiger partial charge in [0.05, 0.1) is 0 Å². The van der Waals surface area contributed by atoms with Gasteiger partial charge in [-0.25, -0.2) is 5.01 Å². The van der Waals surface area contributed by atoms with E-state index in [1.165, 1.54) is 32.1 Å². The standard InChI is InChI=1S/C10H18N2/c1-10-5-7-2-8(6-10)4-9(3-7)12(10)11/h7-9H,2-6,11H2,1H3. The Morgan fingerprint density at radius 1 is 1.17 bits per heavy atom. The predicted octanol–water partition coefficient (Wildman–Crippen LogP) is 1.51. The zero-order valence-corrected chi connectivity index (χ0v) is 7.79. The van der Waals surface area contributed by atoms with Gasteiger partial charge in [-0.2, -0.15) is 0 Å². The maximum Gasteiger partial charge on any atom is 0.0332 e. The summed E-state index contributed by atoms with van der Waals surface area (Å²) in [7, 11) is 0. The molecule has 2 heteroatoms. The Morgan fingerprint density at radius 2 is 1.75 bits per heavy atom. The van der Waals surface area contributed by atoms with Gasteiger partial charge in [-0.1, -0.05) is 0 Å². The molecule has 12 heavy (non-hydrogen) atoms. The summed E-state index contributed by atoms with van der Waals surface area (Å²) in [5, 5.41) is 2.18. The van der Waals surface area contributed by atoms with E-state index in [2.05, 4.69) is 11.9 Å². The summed E-state index contributed by atoms with van der Waals surface area (Å²) in [6.45, 7) is 2.36. The van der Waals surface area contributed by atoms with Gasteiger partial charge in [-0.3, -0.25) is 5.84 Å². The molecule has 2 unspecified atom stereocenters. The minimum atomic E-state index is 0.370. The van der Waals surface area contributed by atoms with Crippen LogP contribution in [0.2, 0.25) is 0 Å². The van der Waals surface area contributed by atoms with Crippen LogP contribution >= 0.6 is 0 Å². The highest BCUT2D eigenvalue weighted by Gasteiger charge is 2.52. The van der Waals surface area contributed by atoms with Crippen molar-refractivity contribution < 1.29 is 0 Å². The van der Waals surface area contributed by atoms with Crippen molar-refractivity contribution in [3.05, 3.63) is 0 Å². The van der Waals surface area contributed by atoms with Crippen molar-refractivity contribution in [2.24, 2.45) is 17.7 Å². The van der Waals surface area contributed by atoms with Crippen LogP contribution in [0.4, 0.5) is 0 Å². The van der Waals surface area contributed by atoms with E-state index in [4.69, 9.17) is 5.84 Å². The zero-order chi connectivity index (χ0) is 8.34. The number of nitrogens with two attached hydrogens (primary N) is 1. The third-order valence-electron chi connectivity index (χ3n) is 4.35. The van der Waals surface area contributed by atoms with E-state index in [1.54, 1.807) is 0 Å². The summed E-state index contributed by atoms with van der Waals surface area (Å²) < 4.78 is 0. The van der Waals surface area contributed by atoms with Crippen LogP contribution in [0.5, 0.6) is 0 Å². The summed E-state index contributed by atoms with van der Waals surface area (Å²) in [4.78, 5) is 0. The second-order valence-corrected chi connectivity index (χ2v) is 5.41. The molecule has 2 saturated carbocycles. The molecule has 4 aliphatic rings. The molecule has 0 spiro atoms. The van der Waals surface area contributed by atoms with Crippen molar-refractivity contribution in [2.45, 2.75) is 50.6 Å². The normalized spacial score (nSPS) is 58.0. The topological polar surface area (TPSA) is 29.3 Å². The average molecular weight is 166 g/mol. The summed E-state index contributed by atoms with van der Waals surface area (Å²) in [5.74, 6) is 8.15. The van der Waals surface area contributed by atoms with Crippen molar-refractivity contribution in [3.8, 4) is 0 Å². The van der Waals surface area contributed by atoms with Crippen LogP contribution in [0.3, 0.4) is 0 Å². The zero-order valence-electron chi connectivity index (χ0n) is 7.79. The van der Waals surface area contributed by atoms with Gasteiger partial charge < -0.3 is 0 Å². The highest BCUT2D eigenvalue weighted by molar-refractivity contribution is 5.05. The minimum Gasteiger partial charge on any atom is -0.268 e. The molecule has 0 aromatic rings. The number of hydrogen-bond donors (Lipinski definition) is 1. The number of nitrogens with zero attached hydrogens (tertiary/aromatic N) is 1. The molecule has 2 N–H and O–H groups in total. The van der Waals surface area contributed by atoms with E-state index in [0.29, 0.717) is 5.54 Å². The van der Waals surface area contributed by atoms with Gasteiger partial charge in [0.2, 0.25) is 0 Å². The third kappa shape index (κ3) is 0.775.